The van der Waals surface area contributed by atoms with Gasteiger partial charge in [0, 0.05) is 0 Å². The fourth-order valence-electron chi connectivity index (χ4n) is 1.06. The van der Waals surface area contributed by atoms with Crippen molar-refractivity contribution in [2.24, 2.45) is 10.2 Å². The highest BCUT2D eigenvalue weighted by Crippen LogP contribution is 2.02. The molecule has 0 N–H and O–H groups in total. The van der Waals surface area contributed by atoms with E-state index in [0.717, 1.165) is 5.56 Å². The number of rotatable bonds is 3. The molecular weight excluding hydrogens is 236 g/mol. The van der Waals surface area contributed by atoms with Crippen LogP contribution in [0.2, 0.25) is 0 Å². The highest BCUT2D eigenvalue weighted by molar-refractivity contribution is 5.73. The molecule has 1 aromatic rings. The fraction of sp³-hybridized carbons (Fsp3) is 0.333. The van der Waals surface area contributed by atoms with Crippen molar-refractivity contribution < 1.29 is 19.1 Å². The van der Waals surface area contributed by atoms with Gasteiger partial charge in [-0.1, -0.05) is 40.6 Å². The molecule has 96 valence electrons. The highest BCUT2D eigenvalue weighted by atomic mass is 16.6. The zero-order valence-corrected chi connectivity index (χ0v) is 10.2. The molecule has 0 unspecified atom stereocenters. The molecule has 2 amide bonds. The Balaban J connectivity index is 2.34. The summed E-state index contributed by atoms with van der Waals surface area (Å²) in [4.78, 5) is 22.1. The molecule has 0 bridgehead atoms. The van der Waals surface area contributed by atoms with Crippen LogP contribution in [-0.4, -0.2) is 18.3 Å². The molecule has 18 heavy (non-hydrogen) atoms. The summed E-state index contributed by atoms with van der Waals surface area (Å²) in [6, 6.07) is 9.11. The third-order valence-corrected chi connectivity index (χ3v) is 1.75. The van der Waals surface area contributed by atoms with Crippen molar-refractivity contribution >= 4 is 12.2 Å². The van der Waals surface area contributed by atoms with E-state index in [9.17, 15) is 9.59 Å². The van der Waals surface area contributed by atoms with Gasteiger partial charge in [0.15, 0.2) is 0 Å². The van der Waals surface area contributed by atoms with E-state index >= 15 is 0 Å². The Labute approximate surface area is 105 Å². The molecule has 0 aromatic heterocycles. The van der Waals surface area contributed by atoms with Gasteiger partial charge < -0.3 is 9.47 Å². The Kier molecular flexibility index (Phi) is 5.50. The van der Waals surface area contributed by atoms with Crippen molar-refractivity contribution in [2.75, 3.05) is 0 Å². The summed E-state index contributed by atoms with van der Waals surface area (Å²) < 4.78 is 9.43. The summed E-state index contributed by atoms with van der Waals surface area (Å²) in [5, 5.41) is 6.15. The van der Waals surface area contributed by atoms with Gasteiger partial charge in [-0.05, 0) is 19.4 Å². The van der Waals surface area contributed by atoms with Crippen molar-refractivity contribution in [3.8, 4) is 0 Å². The van der Waals surface area contributed by atoms with Gasteiger partial charge in [-0.15, -0.1) is 0 Å². The molecule has 0 saturated heterocycles. The van der Waals surface area contributed by atoms with Crippen molar-refractivity contribution in [3.63, 3.8) is 0 Å². The predicted octanol–water partition coefficient (Wildman–Crippen LogP) is 3.32. The van der Waals surface area contributed by atoms with Crippen molar-refractivity contribution in [1.82, 2.24) is 0 Å². The average molecular weight is 250 g/mol. The van der Waals surface area contributed by atoms with Crippen LogP contribution in [0.25, 0.3) is 0 Å². The number of ether oxygens (including phenoxy) is 2. The Morgan fingerprint density at radius 2 is 1.72 bits per heavy atom. The van der Waals surface area contributed by atoms with Crippen molar-refractivity contribution in [2.45, 2.75) is 26.6 Å². The van der Waals surface area contributed by atoms with Crippen LogP contribution in [-0.2, 0) is 16.1 Å². The second kappa shape index (κ2) is 7.16. The van der Waals surface area contributed by atoms with Gasteiger partial charge in [-0.2, -0.15) is 0 Å². The van der Waals surface area contributed by atoms with E-state index in [1.54, 1.807) is 26.0 Å². The summed E-state index contributed by atoms with van der Waals surface area (Å²) >= 11 is 0. The van der Waals surface area contributed by atoms with E-state index < -0.39 is 12.2 Å². The normalized spacial score (nSPS) is 10.6. The van der Waals surface area contributed by atoms with Crippen LogP contribution in [0.15, 0.2) is 40.6 Å². The lowest BCUT2D eigenvalue weighted by Crippen LogP contribution is -2.07. The van der Waals surface area contributed by atoms with Gasteiger partial charge in [0.2, 0.25) is 0 Å². The van der Waals surface area contributed by atoms with Crippen LogP contribution in [0.1, 0.15) is 19.4 Å². The molecule has 0 aliphatic heterocycles. The molecule has 6 nitrogen and oxygen atoms in total. The van der Waals surface area contributed by atoms with Crippen LogP contribution >= 0.6 is 0 Å². The van der Waals surface area contributed by atoms with Crippen LogP contribution in [0.5, 0.6) is 0 Å². The first-order valence-electron chi connectivity index (χ1n) is 5.41. The summed E-state index contributed by atoms with van der Waals surface area (Å²) in [5.74, 6) is 0. The van der Waals surface area contributed by atoms with E-state index in [1.807, 2.05) is 18.2 Å². The van der Waals surface area contributed by atoms with Gasteiger partial charge in [0.1, 0.15) is 6.61 Å². The maximum Gasteiger partial charge on any atom is 0.452 e. The second-order valence-corrected chi connectivity index (χ2v) is 3.67. The maximum atomic E-state index is 11.1. The molecular formula is C12H14N2O4. The Morgan fingerprint density at radius 3 is 2.33 bits per heavy atom. The van der Waals surface area contributed by atoms with Gasteiger partial charge in [-0.25, -0.2) is 9.59 Å². The molecule has 6 heteroatoms. The Bertz CT molecular complexity index is 429. The minimum atomic E-state index is -0.931. The number of amides is 2. The number of hydrogen-bond donors (Lipinski definition) is 0. The van der Waals surface area contributed by atoms with Gasteiger partial charge >= 0.3 is 12.2 Å². The predicted molar refractivity (Wildman–Crippen MR) is 63.1 cm³/mol. The van der Waals surface area contributed by atoms with Crippen molar-refractivity contribution in [1.29, 1.82) is 0 Å². The molecule has 0 aliphatic carbocycles. The second-order valence-electron chi connectivity index (χ2n) is 3.67. The molecule has 0 aliphatic rings. The first-order valence-corrected chi connectivity index (χ1v) is 5.41. The van der Waals surface area contributed by atoms with Crippen LogP contribution in [0.3, 0.4) is 0 Å². The monoisotopic (exact) mass is 250 g/mol. The molecule has 0 saturated carbocycles. The van der Waals surface area contributed by atoms with E-state index in [0.29, 0.717) is 0 Å². The number of azo groups is 1. The minimum Gasteiger partial charge on any atom is -0.444 e. The van der Waals surface area contributed by atoms with Crippen LogP contribution < -0.4 is 0 Å². The highest BCUT2D eigenvalue weighted by Gasteiger charge is 2.05. The minimum absolute atomic E-state index is 0.0813. The first-order chi connectivity index (χ1) is 8.58. The standard InChI is InChI=1S/C12H14N2O4/c1-9(2)18-12(16)14-13-11(15)17-8-10-6-4-3-5-7-10/h3-7,9H,8H2,1-2H3. The summed E-state index contributed by atoms with van der Waals surface area (Å²) in [5.41, 5.74) is 0.825. The van der Waals surface area contributed by atoms with Gasteiger partial charge in [-0.3, -0.25) is 0 Å². The number of carbonyl (C=O) groups is 2. The van der Waals surface area contributed by atoms with E-state index in [4.69, 9.17) is 4.74 Å². The van der Waals surface area contributed by atoms with E-state index in [-0.39, 0.29) is 12.7 Å². The molecule has 1 rings (SSSR count). The number of carbonyl (C=O) groups excluding carboxylic acids is 2. The average Bonchev–Trinajstić information content (AvgIpc) is 2.34. The lowest BCUT2D eigenvalue weighted by Gasteiger charge is -2.02. The lowest BCUT2D eigenvalue weighted by atomic mass is 10.2. The van der Waals surface area contributed by atoms with E-state index in [1.165, 1.54) is 0 Å². The van der Waals surface area contributed by atoms with Gasteiger partial charge in [0.25, 0.3) is 0 Å². The van der Waals surface area contributed by atoms with Crippen LogP contribution in [0, 0.1) is 0 Å². The Hall–Kier alpha value is -2.24. The lowest BCUT2D eigenvalue weighted by molar-refractivity contribution is 0.121. The molecule has 0 atom stereocenters. The number of hydrogen-bond acceptors (Lipinski definition) is 4. The number of nitrogens with zero attached hydrogens (tertiary/aromatic N) is 2. The molecule has 0 heterocycles. The first kappa shape index (κ1) is 13.8. The van der Waals surface area contributed by atoms with Gasteiger partial charge in [0.05, 0.1) is 6.10 Å². The topological polar surface area (TPSA) is 77.3 Å². The fourth-order valence-corrected chi connectivity index (χ4v) is 1.06. The SMILES string of the molecule is CC(C)OC(=O)N=NC(=O)OCc1ccccc1. The quantitative estimate of drug-likeness (QED) is 0.771. The van der Waals surface area contributed by atoms with Crippen LogP contribution in [0.4, 0.5) is 9.59 Å². The summed E-state index contributed by atoms with van der Waals surface area (Å²) in [6.45, 7) is 3.42. The molecule has 0 spiro atoms. The maximum absolute atomic E-state index is 11.1. The third kappa shape index (κ3) is 5.74. The third-order valence-electron chi connectivity index (χ3n) is 1.75. The number of benzene rings is 1. The van der Waals surface area contributed by atoms with Crippen molar-refractivity contribution in [3.05, 3.63) is 35.9 Å². The zero-order valence-electron chi connectivity index (χ0n) is 10.2. The molecule has 0 radical (unpaired) electrons. The smallest absolute Gasteiger partial charge is 0.444 e. The largest absolute Gasteiger partial charge is 0.452 e. The summed E-state index contributed by atoms with van der Waals surface area (Å²) in [6.07, 6.45) is -2.15. The zero-order chi connectivity index (χ0) is 13.4. The molecule has 0 fully saturated rings. The Morgan fingerprint density at radius 1 is 1.11 bits per heavy atom. The molecule has 1 aromatic carbocycles. The van der Waals surface area contributed by atoms with E-state index in [2.05, 4.69) is 15.0 Å². The summed E-state index contributed by atoms with van der Waals surface area (Å²) in [7, 11) is 0.